The monoisotopic (exact) mass is 284 g/mol. The molecule has 2 aromatic rings. The van der Waals surface area contributed by atoms with Crippen LogP contribution in [-0.2, 0) is 12.8 Å². The van der Waals surface area contributed by atoms with Crippen LogP contribution < -0.4 is 0 Å². The quantitative estimate of drug-likeness (QED) is 0.466. The summed E-state index contributed by atoms with van der Waals surface area (Å²) in [5.41, 5.74) is 5.43. The molecule has 104 valence electrons. The predicted octanol–water partition coefficient (Wildman–Crippen LogP) is 5.48. The summed E-state index contributed by atoms with van der Waals surface area (Å²) in [6.45, 7) is 3.95. The Morgan fingerprint density at radius 1 is 0.950 bits per heavy atom. The first-order valence-electron chi connectivity index (χ1n) is 7.18. The number of hydrogen-bond donors (Lipinski definition) is 0. The summed E-state index contributed by atoms with van der Waals surface area (Å²) in [4.78, 5) is 0. The first-order chi connectivity index (χ1) is 9.85. The molecule has 2 aromatic carbocycles. The third-order valence-electron chi connectivity index (χ3n) is 3.58. The highest BCUT2D eigenvalue weighted by molar-refractivity contribution is 6.17. The van der Waals surface area contributed by atoms with Gasteiger partial charge in [-0.1, -0.05) is 61.2 Å². The van der Waals surface area contributed by atoms with Crippen LogP contribution in [0, 0.1) is 0 Å². The van der Waals surface area contributed by atoms with Crippen molar-refractivity contribution in [3.63, 3.8) is 0 Å². The Morgan fingerprint density at radius 3 is 2.45 bits per heavy atom. The zero-order chi connectivity index (χ0) is 14.2. The van der Waals surface area contributed by atoms with E-state index in [1.165, 1.54) is 22.3 Å². The summed E-state index contributed by atoms with van der Waals surface area (Å²) < 4.78 is 0. The molecule has 0 fully saturated rings. The number of rotatable bonds is 7. The summed E-state index contributed by atoms with van der Waals surface area (Å²) >= 11 is 5.78. The second kappa shape index (κ2) is 7.91. The van der Waals surface area contributed by atoms with Crippen LogP contribution in [0.15, 0.2) is 55.1 Å². The fourth-order valence-corrected chi connectivity index (χ4v) is 2.69. The highest BCUT2D eigenvalue weighted by atomic mass is 35.5. The lowest BCUT2D eigenvalue weighted by Gasteiger charge is -2.13. The van der Waals surface area contributed by atoms with E-state index >= 15 is 0 Å². The smallest absolute Gasteiger partial charge is 0.0223 e. The van der Waals surface area contributed by atoms with Gasteiger partial charge in [0, 0.05) is 5.88 Å². The maximum atomic E-state index is 5.78. The molecule has 0 nitrogen and oxygen atoms in total. The lowest BCUT2D eigenvalue weighted by molar-refractivity contribution is 0.792. The Labute approximate surface area is 127 Å². The summed E-state index contributed by atoms with van der Waals surface area (Å²) in [6, 6.07) is 17.1. The number of unbranched alkanes of at least 4 members (excludes halogenated alkanes) is 1. The van der Waals surface area contributed by atoms with Crippen LogP contribution in [0.2, 0.25) is 0 Å². The van der Waals surface area contributed by atoms with Crippen molar-refractivity contribution in [3.05, 3.63) is 77.4 Å². The summed E-state index contributed by atoms with van der Waals surface area (Å²) in [5.74, 6) is 0.745. The molecule has 20 heavy (non-hydrogen) atoms. The van der Waals surface area contributed by atoms with E-state index < -0.39 is 0 Å². The van der Waals surface area contributed by atoms with E-state index in [1.54, 1.807) is 0 Å². The van der Waals surface area contributed by atoms with E-state index in [9.17, 15) is 0 Å². The molecule has 0 aromatic heterocycles. The van der Waals surface area contributed by atoms with Gasteiger partial charge in [-0.2, -0.15) is 0 Å². The molecular formula is C19H21Cl. The molecule has 0 heterocycles. The largest absolute Gasteiger partial charge is 0.127 e. The first-order valence-corrected chi connectivity index (χ1v) is 7.71. The third-order valence-corrected chi connectivity index (χ3v) is 3.85. The molecule has 0 aliphatic rings. The molecule has 2 rings (SSSR count). The fourth-order valence-electron chi connectivity index (χ4n) is 2.51. The number of benzene rings is 2. The Balaban J connectivity index is 2.25. The normalized spacial score (nSPS) is 10.4. The van der Waals surface area contributed by atoms with Crippen molar-refractivity contribution >= 4 is 17.7 Å². The second-order valence-corrected chi connectivity index (χ2v) is 5.38. The maximum Gasteiger partial charge on any atom is 0.0223 e. The van der Waals surface area contributed by atoms with Gasteiger partial charge in [-0.15, -0.1) is 11.6 Å². The molecule has 0 spiro atoms. The molecule has 0 atom stereocenters. The van der Waals surface area contributed by atoms with Gasteiger partial charge in [0.1, 0.15) is 0 Å². The van der Waals surface area contributed by atoms with E-state index in [-0.39, 0.29) is 0 Å². The van der Waals surface area contributed by atoms with Crippen LogP contribution in [0.4, 0.5) is 0 Å². The van der Waals surface area contributed by atoms with Gasteiger partial charge in [0.2, 0.25) is 0 Å². The van der Waals surface area contributed by atoms with Crippen LogP contribution in [0.5, 0.6) is 0 Å². The van der Waals surface area contributed by atoms with Crippen LogP contribution in [-0.4, -0.2) is 5.88 Å². The van der Waals surface area contributed by atoms with E-state index in [0.717, 1.165) is 31.6 Å². The van der Waals surface area contributed by atoms with Crippen molar-refractivity contribution < 1.29 is 0 Å². The summed E-state index contributed by atoms with van der Waals surface area (Å²) in [6.07, 6.45) is 6.25. The molecule has 0 bridgehead atoms. The van der Waals surface area contributed by atoms with Crippen molar-refractivity contribution in [2.24, 2.45) is 0 Å². The Bertz CT molecular complexity index is 543. The highest BCUT2D eigenvalue weighted by Crippen LogP contribution is 2.22. The van der Waals surface area contributed by atoms with Crippen molar-refractivity contribution in [3.8, 4) is 0 Å². The molecule has 0 amide bonds. The number of alkyl halides is 1. The SMILES string of the molecule is C=Cc1cccc(CCCCCl)c1Cc1ccccc1. The summed E-state index contributed by atoms with van der Waals surface area (Å²) in [7, 11) is 0. The molecule has 0 saturated carbocycles. The zero-order valence-electron chi connectivity index (χ0n) is 11.8. The predicted molar refractivity (Wildman–Crippen MR) is 89.4 cm³/mol. The fraction of sp³-hybridized carbons (Fsp3) is 0.263. The minimum Gasteiger partial charge on any atom is -0.127 e. The Hall–Kier alpha value is -1.53. The number of hydrogen-bond acceptors (Lipinski definition) is 0. The lowest BCUT2D eigenvalue weighted by Crippen LogP contribution is -1.99. The Morgan fingerprint density at radius 2 is 1.75 bits per heavy atom. The molecule has 0 radical (unpaired) electrons. The first kappa shape index (κ1) is 14.9. The van der Waals surface area contributed by atoms with Gasteiger partial charge >= 0.3 is 0 Å². The van der Waals surface area contributed by atoms with Crippen molar-refractivity contribution in [1.82, 2.24) is 0 Å². The van der Waals surface area contributed by atoms with E-state index in [2.05, 4.69) is 55.1 Å². The van der Waals surface area contributed by atoms with Crippen LogP contribution in [0.25, 0.3) is 6.08 Å². The standard InChI is InChI=1S/C19H21Cl/c1-2-17-12-8-13-18(11-6-7-14-20)19(17)15-16-9-4-3-5-10-16/h2-5,8-10,12-13H,1,6-7,11,14-15H2. The van der Waals surface area contributed by atoms with E-state index in [0.29, 0.717) is 0 Å². The molecule has 0 aliphatic carbocycles. The van der Waals surface area contributed by atoms with Gasteiger partial charge in [0.25, 0.3) is 0 Å². The minimum absolute atomic E-state index is 0.745. The molecule has 0 unspecified atom stereocenters. The molecule has 0 saturated heterocycles. The van der Waals surface area contributed by atoms with Crippen LogP contribution >= 0.6 is 11.6 Å². The second-order valence-electron chi connectivity index (χ2n) is 5.00. The highest BCUT2D eigenvalue weighted by Gasteiger charge is 2.07. The molecule has 1 heteroatoms. The minimum atomic E-state index is 0.745. The van der Waals surface area contributed by atoms with Crippen molar-refractivity contribution in [1.29, 1.82) is 0 Å². The van der Waals surface area contributed by atoms with E-state index in [4.69, 9.17) is 11.6 Å². The topological polar surface area (TPSA) is 0 Å². The average molecular weight is 285 g/mol. The molecular weight excluding hydrogens is 264 g/mol. The van der Waals surface area contributed by atoms with Gasteiger partial charge in [-0.3, -0.25) is 0 Å². The molecule has 0 aliphatic heterocycles. The van der Waals surface area contributed by atoms with Crippen LogP contribution in [0.3, 0.4) is 0 Å². The van der Waals surface area contributed by atoms with Crippen LogP contribution in [0.1, 0.15) is 35.1 Å². The molecule has 0 N–H and O–H groups in total. The van der Waals surface area contributed by atoms with Gasteiger partial charge in [-0.05, 0) is 47.9 Å². The summed E-state index contributed by atoms with van der Waals surface area (Å²) in [5, 5.41) is 0. The average Bonchev–Trinajstić information content (AvgIpc) is 2.50. The number of halogens is 1. The van der Waals surface area contributed by atoms with Gasteiger partial charge in [0.15, 0.2) is 0 Å². The van der Waals surface area contributed by atoms with Gasteiger partial charge in [0.05, 0.1) is 0 Å². The lowest BCUT2D eigenvalue weighted by atomic mass is 9.92. The zero-order valence-corrected chi connectivity index (χ0v) is 12.6. The third kappa shape index (κ3) is 3.98. The maximum absolute atomic E-state index is 5.78. The van der Waals surface area contributed by atoms with Crippen molar-refractivity contribution in [2.45, 2.75) is 25.7 Å². The van der Waals surface area contributed by atoms with Gasteiger partial charge in [-0.25, -0.2) is 0 Å². The Kier molecular flexibility index (Phi) is 5.88. The van der Waals surface area contributed by atoms with Gasteiger partial charge < -0.3 is 0 Å². The number of aryl methyl sites for hydroxylation is 1. The van der Waals surface area contributed by atoms with E-state index in [1.807, 2.05) is 6.08 Å². The van der Waals surface area contributed by atoms with Crippen molar-refractivity contribution in [2.75, 3.05) is 5.88 Å².